The SMILES string of the molecule is CC1CCCC(c2nccn2C)C1. The second-order valence-electron chi connectivity index (χ2n) is 4.37. The highest BCUT2D eigenvalue weighted by atomic mass is 15.0. The molecule has 2 atom stereocenters. The molecule has 0 amide bonds. The maximum atomic E-state index is 4.44. The van der Waals surface area contributed by atoms with Gasteiger partial charge in [0.15, 0.2) is 0 Å². The molecule has 0 saturated heterocycles. The Morgan fingerprint density at radius 3 is 2.92 bits per heavy atom. The Morgan fingerprint density at radius 1 is 1.46 bits per heavy atom. The number of rotatable bonds is 1. The van der Waals surface area contributed by atoms with Gasteiger partial charge in [-0.2, -0.15) is 0 Å². The van der Waals surface area contributed by atoms with Gasteiger partial charge in [0.25, 0.3) is 0 Å². The second-order valence-corrected chi connectivity index (χ2v) is 4.37. The van der Waals surface area contributed by atoms with E-state index in [0.717, 1.165) is 5.92 Å². The third-order valence-electron chi connectivity index (χ3n) is 3.16. The molecule has 0 aromatic carbocycles. The Kier molecular flexibility index (Phi) is 2.38. The van der Waals surface area contributed by atoms with E-state index in [0.29, 0.717) is 5.92 Å². The average Bonchev–Trinajstić information content (AvgIpc) is 2.51. The summed E-state index contributed by atoms with van der Waals surface area (Å²) in [5.74, 6) is 2.88. The summed E-state index contributed by atoms with van der Waals surface area (Å²) in [6, 6.07) is 0. The molecule has 0 spiro atoms. The molecule has 2 heteroatoms. The van der Waals surface area contributed by atoms with E-state index < -0.39 is 0 Å². The smallest absolute Gasteiger partial charge is 0.111 e. The lowest BCUT2D eigenvalue weighted by Crippen LogP contribution is -2.15. The summed E-state index contributed by atoms with van der Waals surface area (Å²) in [6.07, 6.45) is 9.39. The largest absolute Gasteiger partial charge is 0.338 e. The van der Waals surface area contributed by atoms with Gasteiger partial charge in [-0.3, -0.25) is 0 Å². The van der Waals surface area contributed by atoms with Crippen molar-refractivity contribution in [1.29, 1.82) is 0 Å². The van der Waals surface area contributed by atoms with Crippen molar-refractivity contribution in [3.8, 4) is 0 Å². The molecule has 0 aliphatic heterocycles. The number of nitrogens with zero attached hydrogens (tertiary/aromatic N) is 2. The molecule has 0 radical (unpaired) electrons. The number of aryl methyl sites for hydroxylation is 1. The zero-order valence-electron chi connectivity index (χ0n) is 8.53. The van der Waals surface area contributed by atoms with Crippen LogP contribution in [-0.4, -0.2) is 9.55 Å². The topological polar surface area (TPSA) is 17.8 Å². The van der Waals surface area contributed by atoms with E-state index in [9.17, 15) is 0 Å². The van der Waals surface area contributed by atoms with Gasteiger partial charge >= 0.3 is 0 Å². The van der Waals surface area contributed by atoms with Gasteiger partial charge in [-0.15, -0.1) is 0 Å². The minimum atomic E-state index is 0.712. The van der Waals surface area contributed by atoms with Crippen LogP contribution in [0.3, 0.4) is 0 Å². The molecule has 1 aliphatic rings. The monoisotopic (exact) mass is 178 g/mol. The van der Waals surface area contributed by atoms with Gasteiger partial charge in [0.05, 0.1) is 0 Å². The molecular formula is C11H18N2. The Balaban J connectivity index is 2.12. The molecule has 2 rings (SSSR count). The molecular weight excluding hydrogens is 160 g/mol. The van der Waals surface area contributed by atoms with Crippen molar-refractivity contribution in [2.24, 2.45) is 13.0 Å². The Labute approximate surface area is 80.0 Å². The van der Waals surface area contributed by atoms with Crippen molar-refractivity contribution >= 4 is 0 Å². The van der Waals surface area contributed by atoms with Crippen LogP contribution in [-0.2, 0) is 7.05 Å². The summed E-state index contributed by atoms with van der Waals surface area (Å²) in [6.45, 7) is 2.36. The normalized spacial score (nSPS) is 29.1. The molecule has 13 heavy (non-hydrogen) atoms. The van der Waals surface area contributed by atoms with Crippen LogP contribution in [0.25, 0.3) is 0 Å². The van der Waals surface area contributed by atoms with Crippen LogP contribution in [0, 0.1) is 5.92 Å². The van der Waals surface area contributed by atoms with Crippen molar-refractivity contribution in [1.82, 2.24) is 9.55 Å². The van der Waals surface area contributed by atoms with Gasteiger partial charge in [0.1, 0.15) is 5.82 Å². The highest BCUT2D eigenvalue weighted by molar-refractivity contribution is 5.01. The lowest BCUT2D eigenvalue weighted by molar-refractivity contribution is 0.331. The number of hydrogen-bond donors (Lipinski definition) is 0. The van der Waals surface area contributed by atoms with E-state index in [2.05, 4.69) is 29.7 Å². The van der Waals surface area contributed by atoms with Crippen LogP contribution in [0.5, 0.6) is 0 Å². The highest BCUT2D eigenvalue weighted by Gasteiger charge is 2.22. The van der Waals surface area contributed by atoms with Gasteiger partial charge in [-0.05, 0) is 18.8 Å². The lowest BCUT2D eigenvalue weighted by atomic mass is 9.82. The minimum Gasteiger partial charge on any atom is -0.338 e. The van der Waals surface area contributed by atoms with Gasteiger partial charge in [0.2, 0.25) is 0 Å². The lowest BCUT2D eigenvalue weighted by Gasteiger charge is -2.26. The summed E-state index contributed by atoms with van der Waals surface area (Å²) >= 11 is 0. The van der Waals surface area contributed by atoms with Crippen LogP contribution < -0.4 is 0 Å². The zero-order chi connectivity index (χ0) is 9.26. The first-order valence-electron chi connectivity index (χ1n) is 5.24. The summed E-state index contributed by atoms with van der Waals surface area (Å²) < 4.78 is 2.17. The second kappa shape index (κ2) is 3.52. The molecule has 0 N–H and O–H groups in total. The molecule has 1 aromatic heterocycles. The fraction of sp³-hybridized carbons (Fsp3) is 0.727. The van der Waals surface area contributed by atoms with E-state index >= 15 is 0 Å². The first-order valence-corrected chi connectivity index (χ1v) is 5.24. The van der Waals surface area contributed by atoms with Gasteiger partial charge < -0.3 is 4.57 Å². The number of hydrogen-bond acceptors (Lipinski definition) is 1. The molecule has 1 saturated carbocycles. The van der Waals surface area contributed by atoms with Crippen LogP contribution in [0.15, 0.2) is 12.4 Å². The Bertz CT molecular complexity index is 277. The minimum absolute atomic E-state index is 0.712. The first kappa shape index (κ1) is 8.79. The molecule has 1 aromatic rings. The summed E-state index contributed by atoms with van der Waals surface area (Å²) in [4.78, 5) is 4.44. The van der Waals surface area contributed by atoms with Gasteiger partial charge in [-0.1, -0.05) is 19.8 Å². The van der Waals surface area contributed by atoms with E-state index in [-0.39, 0.29) is 0 Å². The third-order valence-corrected chi connectivity index (χ3v) is 3.16. The van der Waals surface area contributed by atoms with Crippen LogP contribution >= 0.6 is 0 Å². The molecule has 2 unspecified atom stereocenters. The molecule has 2 nitrogen and oxygen atoms in total. The summed E-state index contributed by atoms with van der Waals surface area (Å²) in [7, 11) is 2.10. The molecule has 1 fully saturated rings. The van der Waals surface area contributed by atoms with Crippen molar-refractivity contribution in [2.45, 2.75) is 38.5 Å². The molecule has 72 valence electrons. The standard InChI is InChI=1S/C11H18N2/c1-9-4-3-5-10(8-9)11-12-6-7-13(11)2/h6-7,9-10H,3-5,8H2,1-2H3. The van der Waals surface area contributed by atoms with Gasteiger partial charge in [-0.25, -0.2) is 4.98 Å². The van der Waals surface area contributed by atoms with Crippen LogP contribution in [0.4, 0.5) is 0 Å². The number of aromatic nitrogens is 2. The fourth-order valence-electron chi connectivity index (χ4n) is 2.44. The fourth-order valence-corrected chi connectivity index (χ4v) is 2.44. The van der Waals surface area contributed by atoms with Crippen molar-refractivity contribution in [3.63, 3.8) is 0 Å². The predicted molar refractivity (Wildman–Crippen MR) is 53.6 cm³/mol. The Morgan fingerprint density at radius 2 is 2.31 bits per heavy atom. The molecule has 0 bridgehead atoms. The van der Waals surface area contributed by atoms with Crippen molar-refractivity contribution < 1.29 is 0 Å². The first-order chi connectivity index (χ1) is 6.27. The maximum absolute atomic E-state index is 4.44. The maximum Gasteiger partial charge on any atom is 0.111 e. The van der Waals surface area contributed by atoms with Crippen molar-refractivity contribution in [2.75, 3.05) is 0 Å². The number of imidazole rings is 1. The van der Waals surface area contributed by atoms with E-state index in [1.165, 1.54) is 31.5 Å². The zero-order valence-corrected chi connectivity index (χ0v) is 8.53. The van der Waals surface area contributed by atoms with Crippen LogP contribution in [0.2, 0.25) is 0 Å². The molecule has 1 aliphatic carbocycles. The van der Waals surface area contributed by atoms with E-state index in [1.54, 1.807) is 0 Å². The summed E-state index contributed by atoms with van der Waals surface area (Å²) in [5.41, 5.74) is 0. The molecule has 1 heterocycles. The van der Waals surface area contributed by atoms with E-state index in [1.807, 2.05) is 6.20 Å². The predicted octanol–water partition coefficient (Wildman–Crippen LogP) is 2.71. The average molecular weight is 178 g/mol. The van der Waals surface area contributed by atoms with Gasteiger partial charge in [0, 0.05) is 25.4 Å². The third kappa shape index (κ3) is 1.77. The quantitative estimate of drug-likeness (QED) is 0.646. The van der Waals surface area contributed by atoms with E-state index in [4.69, 9.17) is 0 Å². The highest BCUT2D eigenvalue weighted by Crippen LogP contribution is 2.34. The van der Waals surface area contributed by atoms with Crippen LogP contribution in [0.1, 0.15) is 44.3 Å². The Hall–Kier alpha value is -0.790. The van der Waals surface area contributed by atoms with Crippen molar-refractivity contribution in [3.05, 3.63) is 18.2 Å². The summed E-state index contributed by atoms with van der Waals surface area (Å²) in [5, 5.41) is 0.